The van der Waals surface area contributed by atoms with Crippen molar-refractivity contribution < 1.29 is 4.39 Å². The highest BCUT2D eigenvalue weighted by atomic mass is 19.1. The molecule has 2 N–H and O–H groups in total. The number of nitriles is 1. The SMILES string of the molecule is CC1CC(N)CCN1c1cccc(F)c1C#N. The summed E-state index contributed by atoms with van der Waals surface area (Å²) in [6.07, 6.45) is 1.76. The first kappa shape index (κ1) is 11.9. The minimum absolute atomic E-state index is 0.134. The number of nitrogens with zero attached hydrogens (tertiary/aromatic N) is 2. The van der Waals surface area contributed by atoms with E-state index in [0.29, 0.717) is 5.69 Å². The maximum Gasteiger partial charge on any atom is 0.143 e. The van der Waals surface area contributed by atoms with Crippen LogP contribution in [-0.2, 0) is 0 Å². The van der Waals surface area contributed by atoms with Gasteiger partial charge in [-0.05, 0) is 31.9 Å². The third-order valence-corrected chi connectivity index (χ3v) is 3.33. The molecule has 0 spiro atoms. The number of rotatable bonds is 1. The molecule has 1 fully saturated rings. The predicted molar refractivity (Wildman–Crippen MR) is 65.1 cm³/mol. The minimum atomic E-state index is -0.452. The van der Waals surface area contributed by atoms with Gasteiger partial charge in [0.15, 0.2) is 0 Å². The molecular formula is C13H16FN3. The van der Waals surface area contributed by atoms with Gasteiger partial charge in [0.1, 0.15) is 17.4 Å². The van der Waals surface area contributed by atoms with Crippen LogP contribution in [0.25, 0.3) is 0 Å². The second-order valence-electron chi connectivity index (χ2n) is 4.57. The normalized spacial score (nSPS) is 24.5. The topological polar surface area (TPSA) is 53.0 Å². The molecule has 3 nitrogen and oxygen atoms in total. The highest BCUT2D eigenvalue weighted by Crippen LogP contribution is 2.28. The smallest absolute Gasteiger partial charge is 0.143 e. The Morgan fingerprint density at radius 2 is 2.29 bits per heavy atom. The van der Waals surface area contributed by atoms with Crippen LogP contribution in [0.3, 0.4) is 0 Å². The largest absolute Gasteiger partial charge is 0.368 e. The summed E-state index contributed by atoms with van der Waals surface area (Å²) in [5.41, 5.74) is 6.72. The van der Waals surface area contributed by atoms with Gasteiger partial charge in [0.2, 0.25) is 0 Å². The summed E-state index contributed by atoms with van der Waals surface area (Å²) in [7, 11) is 0. The molecule has 0 aliphatic carbocycles. The standard InChI is InChI=1S/C13H16FN3/c1-9-7-10(16)5-6-17(9)13-4-2-3-12(14)11(13)8-15/h2-4,9-10H,5-7,16H2,1H3. The monoisotopic (exact) mass is 233 g/mol. The molecule has 90 valence electrons. The second kappa shape index (κ2) is 4.72. The van der Waals surface area contributed by atoms with Crippen molar-refractivity contribution in [2.24, 2.45) is 5.73 Å². The van der Waals surface area contributed by atoms with Crippen LogP contribution in [-0.4, -0.2) is 18.6 Å². The van der Waals surface area contributed by atoms with Gasteiger partial charge in [0.05, 0.1) is 5.69 Å². The van der Waals surface area contributed by atoms with Crippen molar-refractivity contribution in [1.29, 1.82) is 5.26 Å². The van der Waals surface area contributed by atoms with E-state index in [1.807, 2.05) is 6.07 Å². The molecule has 0 amide bonds. The van der Waals surface area contributed by atoms with E-state index in [1.54, 1.807) is 12.1 Å². The number of benzene rings is 1. The lowest BCUT2D eigenvalue weighted by Crippen LogP contribution is -2.46. The Morgan fingerprint density at radius 3 is 2.94 bits per heavy atom. The fraction of sp³-hybridized carbons (Fsp3) is 0.462. The average Bonchev–Trinajstić information content (AvgIpc) is 2.29. The van der Waals surface area contributed by atoms with E-state index in [2.05, 4.69) is 11.8 Å². The Labute approximate surface area is 101 Å². The average molecular weight is 233 g/mol. The molecule has 1 saturated heterocycles. The molecule has 17 heavy (non-hydrogen) atoms. The van der Waals surface area contributed by atoms with Gasteiger partial charge in [0.25, 0.3) is 0 Å². The summed E-state index contributed by atoms with van der Waals surface area (Å²) in [5, 5.41) is 9.03. The van der Waals surface area contributed by atoms with Crippen LogP contribution in [0, 0.1) is 17.1 Å². The molecule has 2 rings (SSSR count). The molecule has 2 unspecified atom stereocenters. The molecule has 1 aromatic carbocycles. The Morgan fingerprint density at radius 1 is 1.53 bits per heavy atom. The predicted octanol–water partition coefficient (Wildman–Crippen LogP) is 2.01. The lowest BCUT2D eigenvalue weighted by molar-refractivity contribution is 0.429. The molecule has 0 saturated carbocycles. The van der Waals surface area contributed by atoms with Gasteiger partial charge in [-0.1, -0.05) is 6.07 Å². The molecule has 0 bridgehead atoms. The maximum absolute atomic E-state index is 13.5. The molecule has 1 heterocycles. The summed E-state index contributed by atoms with van der Waals surface area (Å²) in [6.45, 7) is 2.84. The molecule has 1 aliphatic rings. The molecule has 1 aromatic rings. The van der Waals surface area contributed by atoms with E-state index >= 15 is 0 Å². The molecule has 0 radical (unpaired) electrons. The van der Waals surface area contributed by atoms with E-state index in [-0.39, 0.29) is 17.6 Å². The number of nitrogens with two attached hydrogens (primary N) is 1. The van der Waals surface area contributed by atoms with Gasteiger partial charge in [-0.3, -0.25) is 0 Å². The lowest BCUT2D eigenvalue weighted by atomic mass is 9.97. The number of hydrogen-bond donors (Lipinski definition) is 1. The van der Waals surface area contributed by atoms with Crippen molar-refractivity contribution in [3.63, 3.8) is 0 Å². The van der Waals surface area contributed by atoms with Crippen molar-refractivity contribution in [3.05, 3.63) is 29.6 Å². The van der Waals surface area contributed by atoms with Crippen molar-refractivity contribution in [1.82, 2.24) is 0 Å². The second-order valence-corrected chi connectivity index (χ2v) is 4.57. The summed E-state index contributed by atoms with van der Waals surface area (Å²) in [6, 6.07) is 7.16. The first-order chi connectivity index (χ1) is 8.13. The van der Waals surface area contributed by atoms with Gasteiger partial charge in [-0.15, -0.1) is 0 Å². The van der Waals surface area contributed by atoms with Crippen LogP contribution in [0.1, 0.15) is 25.3 Å². The third-order valence-electron chi connectivity index (χ3n) is 3.33. The highest BCUT2D eigenvalue weighted by molar-refractivity contribution is 5.60. The van der Waals surface area contributed by atoms with Crippen LogP contribution in [0.2, 0.25) is 0 Å². The molecule has 2 atom stereocenters. The summed E-state index contributed by atoms with van der Waals surface area (Å²) in [4.78, 5) is 2.07. The van der Waals surface area contributed by atoms with Crippen LogP contribution in [0.15, 0.2) is 18.2 Å². The van der Waals surface area contributed by atoms with Crippen LogP contribution < -0.4 is 10.6 Å². The van der Waals surface area contributed by atoms with Gasteiger partial charge < -0.3 is 10.6 Å². The first-order valence-electron chi connectivity index (χ1n) is 5.84. The summed E-state index contributed by atoms with van der Waals surface area (Å²) < 4.78 is 13.5. The number of hydrogen-bond acceptors (Lipinski definition) is 3. The fourth-order valence-corrected chi connectivity index (χ4v) is 2.43. The molecular weight excluding hydrogens is 217 g/mol. The van der Waals surface area contributed by atoms with E-state index in [1.165, 1.54) is 6.07 Å². The van der Waals surface area contributed by atoms with Crippen molar-refractivity contribution >= 4 is 5.69 Å². The van der Waals surface area contributed by atoms with E-state index in [4.69, 9.17) is 11.0 Å². The zero-order chi connectivity index (χ0) is 12.4. The zero-order valence-electron chi connectivity index (χ0n) is 9.86. The van der Waals surface area contributed by atoms with Crippen LogP contribution in [0.5, 0.6) is 0 Å². The van der Waals surface area contributed by atoms with Crippen molar-refractivity contribution in [3.8, 4) is 6.07 Å². The summed E-state index contributed by atoms with van der Waals surface area (Å²) in [5.74, 6) is -0.452. The molecule has 0 aromatic heterocycles. The Bertz CT molecular complexity index is 452. The van der Waals surface area contributed by atoms with Gasteiger partial charge in [-0.2, -0.15) is 5.26 Å². The first-order valence-corrected chi connectivity index (χ1v) is 5.84. The van der Waals surface area contributed by atoms with Crippen LogP contribution >= 0.6 is 0 Å². The maximum atomic E-state index is 13.5. The summed E-state index contributed by atoms with van der Waals surface area (Å²) >= 11 is 0. The Balaban J connectivity index is 2.35. The van der Waals surface area contributed by atoms with E-state index < -0.39 is 5.82 Å². The van der Waals surface area contributed by atoms with Gasteiger partial charge in [0, 0.05) is 18.6 Å². The van der Waals surface area contributed by atoms with Crippen molar-refractivity contribution in [2.45, 2.75) is 31.8 Å². The highest BCUT2D eigenvalue weighted by Gasteiger charge is 2.25. The van der Waals surface area contributed by atoms with Gasteiger partial charge >= 0.3 is 0 Å². The number of anilines is 1. The molecule has 4 heteroatoms. The van der Waals surface area contributed by atoms with Crippen molar-refractivity contribution in [2.75, 3.05) is 11.4 Å². The van der Waals surface area contributed by atoms with Gasteiger partial charge in [-0.25, -0.2) is 4.39 Å². The quantitative estimate of drug-likeness (QED) is 0.807. The third kappa shape index (κ3) is 2.25. The van der Waals surface area contributed by atoms with Crippen LogP contribution in [0.4, 0.5) is 10.1 Å². The fourth-order valence-electron chi connectivity index (χ4n) is 2.43. The van der Waals surface area contributed by atoms with E-state index in [0.717, 1.165) is 19.4 Å². The zero-order valence-corrected chi connectivity index (χ0v) is 9.86. The minimum Gasteiger partial charge on any atom is -0.368 e. The number of piperidine rings is 1. The Hall–Kier alpha value is -1.60. The molecule has 1 aliphatic heterocycles. The number of halogens is 1. The Kier molecular flexibility index (Phi) is 3.30. The van der Waals surface area contributed by atoms with E-state index in [9.17, 15) is 4.39 Å². The lowest BCUT2D eigenvalue weighted by Gasteiger charge is -2.38.